The Labute approximate surface area is 188 Å². The number of rotatable bonds is 8. The van der Waals surface area contributed by atoms with E-state index in [-0.39, 0.29) is 23.9 Å². The lowest BCUT2D eigenvalue weighted by molar-refractivity contribution is -0.137. The fourth-order valence-corrected chi connectivity index (χ4v) is 4.72. The zero-order valence-electron chi connectivity index (χ0n) is 18.7. The van der Waals surface area contributed by atoms with Gasteiger partial charge in [0.05, 0.1) is 11.6 Å². The van der Waals surface area contributed by atoms with E-state index < -0.39 is 23.2 Å². The first kappa shape index (κ1) is 22.6. The number of nitrogens with two attached hydrogens (primary N) is 1. The third kappa shape index (κ3) is 4.48. The van der Waals surface area contributed by atoms with Gasteiger partial charge in [0, 0.05) is 12.1 Å². The highest BCUT2D eigenvalue weighted by atomic mass is 19.1. The third-order valence-electron chi connectivity index (χ3n) is 6.62. The van der Waals surface area contributed by atoms with E-state index in [0.717, 1.165) is 43.5 Å². The summed E-state index contributed by atoms with van der Waals surface area (Å²) in [5.74, 6) is -0.912. The molecule has 2 aliphatic rings. The number of carbonyl (C=O) groups is 1. The Morgan fingerprint density at radius 1 is 1.19 bits per heavy atom. The molecule has 0 radical (unpaired) electrons. The molecule has 170 valence electrons. The Hall–Kier alpha value is -2.57. The Kier molecular flexibility index (Phi) is 6.45. The predicted octanol–water partition coefficient (Wildman–Crippen LogP) is 4.17. The van der Waals surface area contributed by atoms with E-state index in [1.54, 1.807) is 4.90 Å². The first-order valence-electron chi connectivity index (χ1n) is 11.3. The van der Waals surface area contributed by atoms with E-state index in [1.807, 2.05) is 50.5 Å². The van der Waals surface area contributed by atoms with Gasteiger partial charge in [-0.1, -0.05) is 30.3 Å². The second-order valence-corrected chi connectivity index (χ2v) is 9.28. The van der Waals surface area contributed by atoms with E-state index >= 15 is 0 Å². The van der Waals surface area contributed by atoms with Crippen LogP contribution in [0.3, 0.4) is 0 Å². The molecule has 0 spiro atoms. The number of carbonyl (C=O) groups excluding carboxylic acids is 1. The lowest BCUT2D eigenvalue weighted by atomic mass is 9.83. The summed E-state index contributed by atoms with van der Waals surface area (Å²) < 4.78 is 28.7. The maximum absolute atomic E-state index is 14.7. The number of amides is 1. The van der Waals surface area contributed by atoms with Gasteiger partial charge in [-0.15, -0.1) is 0 Å². The first-order chi connectivity index (χ1) is 15.3. The number of hydrogen-bond donors (Lipinski definition) is 1. The van der Waals surface area contributed by atoms with Gasteiger partial charge in [-0.25, -0.2) is 8.78 Å². The summed E-state index contributed by atoms with van der Waals surface area (Å²) in [7, 11) is 4.03. The van der Waals surface area contributed by atoms with Crippen molar-refractivity contribution in [1.82, 2.24) is 9.80 Å². The highest BCUT2D eigenvalue weighted by molar-refractivity contribution is 5.88. The minimum atomic E-state index is -0.755. The molecule has 1 fully saturated rings. The van der Waals surface area contributed by atoms with Crippen LogP contribution in [0.2, 0.25) is 0 Å². The van der Waals surface area contributed by atoms with Crippen molar-refractivity contribution in [2.45, 2.75) is 37.3 Å². The van der Waals surface area contributed by atoms with Crippen molar-refractivity contribution in [1.29, 1.82) is 0 Å². The lowest BCUT2D eigenvalue weighted by Crippen LogP contribution is -2.52. The Balaban J connectivity index is 1.81. The number of nitrogens with zero attached hydrogens (tertiary/aromatic N) is 2. The largest absolute Gasteiger partial charge is 0.324 e. The fourth-order valence-electron chi connectivity index (χ4n) is 4.72. The number of benzene rings is 2. The van der Waals surface area contributed by atoms with Gasteiger partial charge < -0.3 is 15.5 Å². The second-order valence-electron chi connectivity index (χ2n) is 9.28. The van der Waals surface area contributed by atoms with Gasteiger partial charge in [0.1, 0.15) is 11.6 Å². The molecule has 1 amide bonds. The van der Waals surface area contributed by atoms with Crippen molar-refractivity contribution in [2.75, 3.05) is 27.2 Å². The summed E-state index contributed by atoms with van der Waals surface area (Å²) in [4.78, 5) is 17.5. The molecule has 1 aliphatic carbocycles. The zero-order chi connectivity index (χ0) is 22.9. The Bertz CT molecular complexity index is 1000. The van der Waals surface area contributed by atoms with Crippen molar-refractivity contribution in [3.8, 4) is 0 Å². The van der Waals surface area contributed by atoms with Crippen LogP contribution in [-0.2, 0) is 10.3 Å². The first-order valence-corrected chi connectivity index (χ1v) is 11.3. The Morgan fingerprint density at radius 3 is 2.56 bits per heavy atom. The van der Waals surface area contributed by atoms with E-state index in [1.165, 1.54) is 6.07 Å². The van der Waals surface area contributed by atoms with Gasteiger partial charge in [0.15, 0.2) is 0 Å². The van der Waals surface area contributed by atoms with Crippen LogP contribution in [0.15, 0.2) is 54.6 Å². The van der Waals surface area contributed by atoms with Gasteiger partial charge in [0.2, 0.25) is 5.91 Å². The molecule has 6 heteroatoms. The Morgan fingerprint density at radius 2 is 1.91 bits per heavy atom. The molecule has 0 unspecified atom stereocenters. The molecular formula is C26H31F2N3O. The van der Waals surface area contributed by atoms with Crippen LogP contribution in [0, 0.1) is 17.6 Å². The predicted molar refractivity (Wildman–Crippen MR) is 123 cm³/mol. The molecular weight excluding hydrogens is 408 g/mol. The van der Waals surface area contributed by atoms with E-state index in [9.17, 15) is 13.6 Å². The normalized spacial score (nSPS) is 21.7. The average molecular weight is 440 g/mol. The van der Waals surface area contributed by atoms with Gasteiger partial charge in [-0.05, 0) is 87.7 Å². The maximum atomic E-state index is 14.7. The minimum Gasteiger partial charge on any atom is -0.324 e. The van der Waals surface area contributed by atoms with Gasteiger partial charge in [-0.3, -0.25) is 4.79 Å². The number of halogens is 2. The topological polar surface area (TPSA) is 49.6 Å². The lowest BCUT2D eigenvalue weighted by Gasteiger charge is -2.40. The SMILES string of the molecule is CN(C)CCC[C@]1(c2ccccc2)C=C(c2cc(F)ccc2F)CN1C(=O)[C@@H](N)C1CC1. The van der Waals surface area contributed by atoms with Crippen molar-refractivity contribution in [3.63, 3.8) is 0 Å². The second kappa shape index (κ2) is 9.12. The summed E-state index contributed by atoms with van der Waals surface area (Å²) in [6, 6.07) is 12.7. The van der Waals surface area contributed by atoms with E-state index in [2.05, 4.69) is 4.90 Å². The maximum Gasteiger partial charge on any atom is 0.241 e. The summed E-state index contributed by atoms with van der Waals surface area (Å²) in [5, 5.41) is 0. The third-order valence-corrected chi connectivity index (χ3v) is 6.62. The summed E-state index contributed by atoms with van der Waals surface area (Å²) >= 11 is 0. The molecule has 2 aromatic rings. The smallest absolute Gasteiger partial charge is 0.241 e. The monoisotopic (exact) mass is 439 g/mol. The van der Waals surface area contributed by atoms with Gasteiger partial charge in [0.25, 0.3) is 0 Å². The standard InChI is InChI=1S/C26H31F2N3O/c1-30(2)14-6-13-26(20-7-4-3-5-8-20)16-19(22-15-21(27)11-12-23(22)28)17-31(26)25(32)24(29)18-9-10-18/h3-5,7-8,11-12,15-16,18,24H,6,9-10,13-14,17,29H2,1-2H3/t24-,26+/m0/s1. The van der Waals surface area contributed by atoms with E-state index in [0.29, 0.717) is 12.0 Å². The molecule has 2 atom stereocenters. The summed E-state index contributed by atoms with van der Waals surface area (Å²) in [5.41, 5.74) is 7.38. The molecule has 1 saturated carbocycles. The molecule has 4 nitrogen and oxygen atoms in total. The highest BCUT2D eigenvalue weighted by Crippen LogP contribution is 2.45. The minimum absolute atomic E-state index is 0.121. The molecule has 0 bridgehead atoms. The van der Waals surface area contributed by atoms with Crippen LogP contribution in [0.4, 0.5) is 8.78 Å². The average Bonchev–Trinajstić information content (AvgIpc) is 3.56. The molecule has 0 aromatic heterocycles. The van der Waals surface area contributed by atoms with Crippen molar-refractivity contribution >= 4 is 11.5 Å². The van der Waals surface area contributed by atoms with Crippen LogP contribution in [-0.4, -0.2) is 48.9 Å². The number of hydrogen-bond acceptors (Lipinski definition) is 3. The molecule has 32 heavy (non-hydrogen) atoms. The van der Waals surface area contributed by atoms with Gasteiger partial charge in [-0.2, -0.15) is 0 Å². The van der Waals surface area contributed by atoms with Crippen LogP contribution in [0.25, 0.3) is 5.57 Å². The summed E-state index contributed by atoms with van der Waals surface area (Å²) in [6.45, 7) is 1.05. The van der Waals surface area contributed by atoms with Crippen LogP contribution < -0.4 is 5.73 Å². The van der Waals surface area contributed by atoms with Crippen molar-refractivity contribution < 1.29 is 13.6 Å². The van der Waals surface area contributed by atoms with Crippen LogP contribution in [0.1, 0.15) is 36.8 Å². The zero-order valence-corrected chi connectivity index (χ0v) is 18.7. The van der Waals surface area contributed by atoms with Gasteiger partial charge >= 0.3 is 0 Å². The quantitative estimate of drug-likeness (QED) is 0.672. The van der Waals surface area contributed by atoms with Crippen LogP contribution in [0.5, 0.6) is 0 Å². The molecule has 2 aromatic carbocycles. The van der Waals surface area contributed by atoms with Crippen LogP contribution >= 0.6 is 0 Å². The molecule has 1 heterocycles. The molecule has 0 saturated heterocycles. The van der Waals surface area contributed by atoms with E-state index in [4.69, 9.17) is 5.73 Å². The molecule has 4 rings (SSSR count). The highest BCUT2D eigenvalue weighted by Gasteiger charge is 2.47. The van der Waals surface area contributed by atoms with Crippen molar-refractivity contribution in [2.24, 2.45) is 11.7 Å². The molecule has 2 N–H and O–H groups in total. The fraction of sp³-hybridized carbons (Fsp3) is 0.423. The molecule has 1 aliphatic heterocycles. The summed E-state index contributed by atoms with van der Waals surface area (Å²) in [6.07, 6.45) is 5.38. The van der Waals surface area contributed by atoms with Crippen molar-refractivity contribution in [3.05, 3.63) is 77.4 Å².